The summed E-state index contributed by atoms with van der Waals surface area (Å²) in [6, 6.07) is 11.0. The van der Waals surface area contributed by atoms with E-state index in [9.17, 15) is 4.79 Å². The molecule has 0 unspecified atom stereocenters. The van der Waals surface area contributed by atoms with Gasteiger partial charge in [0, 0.05) is 28.5 Å². The quantitative estimate of drug-likeness (QED) is 0.683. The first-order valence-corrected chi connectivity index (χ1v) is 9.37. The Kier molecular flexibility index (Phi) is 5.07. The molecule has 0 saturated heterocycles. The van der Waals surface area contributed by atoms with Crippen LogP contribution in [0.4, 0.5) is 5.82 Å². The molecule has 1 N–H and O–H groups in total. The summed E-state index contributed by atoms with van der Waals surface area (Å²) in [7, 11) is 4.69. The molecule has 0 aliphatic carbocycles. The number of anilines is 1. The number of aromatic nitrogens is 2. The molecular formula is C21H20ClN3O4. The summed E-state index contributed by atoms with van der Waals surface area (Å²) in [5.41, 5.74) is 2.47. The third-order valence-corrected chi connectivity index (χ3v) is 5.22. The minimum atomic E-state index is -0.249. The molecule has 4 rings (SSSR count). The van der Waals surface area contributed by atoms with Gasteiger partial charge in [0.25, 0.3) is 0 Å². The van der Waals surface area contributed by atoms with Gasteiger partial charge in [0.05, 0.1) is 33.2 Å². The van der Waals surface area contributed by atoms with Crippen LogP contribution in [0.1, 0.15) is 23.5 Å². The SMILES string of the molecule is COc1ccc([C@@H]2CC(=O)Nc3c2cnn3-c2cccc(Cl)c2)c(OC)c1OC. The molecule has 0 saturated carbocycles. The smallest absolute Gasteiger partial charge is 0.226 e. The number of carbonyl (C=O) groups is 1. The Bertz CT molecular complexity index is 1080. The van der Waals surface area contributed by atoms with Crippen molar-refractivity contribution in [3.8, 4) is 22.9 Å². The van der Waals surface area contributed by atoms with E-state index in [4.69, 9.17) is 25.8 Å². The van der Waals surface area contributed by atoms with Crippen molar-refractivity contribution >= 4 is 23.3 Å². The number of halogens is 1. The maximum atomic E-state index is 12.6. The summed E-state index contributed by atoms with van der Waals surface area (Å²) < 4.78 is 18.2. The Hall–Kier alpha value is -3.19. The fourth-order valence-corrected chi connectivity index (χ4v) is 3.88. The lowest BCUT2D eigenvalue weighted by molar-refractivity contribution is -0.116. The number of nitrogens with zero attached hydrogens (tertiary/aromatic N) is 2. The second-order valence-corrected chi connectivity index (χ2v) is 7.01. The van der Waals surface area contributed by atoms with Crippen LogP contribution in [-0.4, -0.2) is 37.0 Å². The number of hydrogen-bond acceptors (Lipinski definition) is 5. The summed E-state index contributed by atoms with van der Waals surface area (Å²) in [5.74, 6) is 1.84. The van der Waals surface area contributed by atoms with E-state index in [-0.39, 0.29) is 18.2 Å². The van der Waals surface area contributed by atoms with Gasteiger partial charge >= 0.3 is 0 Å². The van der Waals surface area contributed by atoms with E-state index < -0.39 is 0 Å². The van der Waals surface area contributed by atoms with Crippen molar-refractivity contribution in [2.45, 2.75) is 12.3 Å². The highest BCUT2D eigenvalue weighted by Crippen LogP contribution is 2.47. The van der Waals surface area contributed by atoms with E-state index in [0.717, 1.165) is 16.8 Å². The maximum absolute atomic E-state index is 12.6. The molecule has 0 spiro atoms. The summed E-state index contributed by atoms with van der Waals surface area (Å²) in [6.45, 7) is 0. The standard InChI is InChI=1S/C21H20ClN3O4/c1-27-17-8-7-14(19(28-2)20(17)29-3)15-10-18(26)24-21-16(15)11-23-25(21)13-6-4-5-12(22)9-13/h4-9,11,15H,10H2,1-3H3,(H,24,26)/t15-/m0/s1. The molecule has 0 bridgehead atoms. The van der Waals surface area contributed by atoms with Crippen LogP contribution >= 0.6 is 11.6 Å². The van der Waals surface area contributed by atoms with Crippen molar-refractivity contribution in [1.82, 2.24) is 9.78 Å². The Morgan fingerprint density at radius 3 is 2.55 bits per heavy atom. The first-order chi connectivity index (χ1) is 14.1. The molecule has 1 atom stereocenters. The molecule has 0 radical (unpaired) electrons. The van der Waals surface area contributed by atoms with Gasteiger partial charge in [0.2, 0.25) is 11.7 Å². The average molecular weight is 414 g/mol. The Morgan fingerprint density at radius 1 is 1.07 bits per heavy atom. The van der Waals surface area contributed by atoms with Gasteiger partial charge in [-0.1, -0.05) is 23.7 Å². The summed E-state index contributed by atoms with van der Waals surface area (Å²) in [4.78, 5) is 12.6. The molecule has 8 heteroatoms. The number of ether oxygens (including phenoxy) is 3. The highest BCUT2D eigenvalue weighted by Gasteiger charge is 2.33. The zero-order valence-corrected chi connectivity index (χ0v) is 17.0. The second-order valence-electron chi connectivity index (χ2n) is 6.57. The fourth-order valence-electron chi connectivity index (χ4n) is 3.70. The molecule has 0 fully saturated rings. The zero-order valence-electron chi connectivity index (χ0n) is 16.2. The molecule has 3 aromatic rings. The van der Waals surface area contributed by atoms with Gasteiger partial charge in [-0.15, -0.1) is 0 Å². The predicted molar refractivity (Wildman–Crippen MR) is 110 cm³/mol. The van der Waals surface area contributed by atoms with Crippen LogP contribution in [0.2, 0.25) is 5.02 Å². The molecule has 2 aromatic carbocycles. The van der Waals surface area contributed by atoms with Crippen molar-refractivity contribution < 1.29 is 19.0 Å². The number of fused-ring (bicyclic) bond motifs is 1. The van der Waals surface area contributed by atoms with Gasteiger partial charge in [-0.05, 0) is 24.3 Å². The minimum Gasteiger partial charge on any atom is -0.493 e. The first kappa shape index (κ1) is 19.1. The number of carbonyl (C=O) groups excluding carboxylic acids is 1. The van der Waals surface area contributed by atoms with Gasteiger partial charge in [-0.25, -0.2) is 4.68 Å². The van der Waals surface area contributed by atoms with Crippen molar-refractivity contribution in [3.63, 3.8) is 0 Å². The van der Waals surface area contributed by atoms with Gasteiger partial charge < -0.3 is 19.5 Å². The van der Waals surface area contributed by atoms with E-state index in [1.807, 2.05) is 24.3 Å². The predicted octanol–water partition coefficient (Wildman–Crippen LogP) is 4.03. The lowest BCUT2D eigenvalue weighted by Crippen LogP contribution is -2.25. The molecule has 1 aliphatic rings. The summed E-state index contributed by atoms with van der Waals surface area (Å²) >= 11 is 6.13. The van der Waals surface area contributed by atoms with Crippen molar-refractivity contribution in [2.24, 2.45) is 0 Å². The van der Waals surface area contributed by atoms with E-state index in [2.05, 4.69) is 10.4 Å². The van der Waals surface area contributed by atoms with Crippen LogP contribution < -0.4 is 19.5 Å². The minimum absolute atomic E-state index is 0.108. The Morgan fingerprint density at radius 2 is 1.86 bits per heavy atom. The van der Waals surface area contributed by atoms with Crippen molar-refractivity contribution in [3.05, 3.63) is 58.7 Å². The second kappa shape index (κ2) is 7.67. The van der Waals surface area contributed by atoms with Gasteiger partial charge in [-0.3, -0.25) is 4.79 Å². The van der Waals surface area contributed by atoms with Gasteiger partial charge in [0.1, 0.15) is 5.82 Å². The molecule has 1 aliphatic heterocycles. The number of rotatable bonds is 5. The third kappa shape index (κ3) is 3.27. The number of methoxy groups -OCH3 is 3. The number of amides is 1. The lowest BCUT2D eigenvalue weighted by atomic mass is 9.86. The van der Waals surface area contributed by atoms with Crippen LogP contribution in [0.3, 0.4) is 0 Å². The Balaban J connectivity index is 1.86. The molecule has 29 heavy (non-hydrogen) atoms. The topological polar surface area (TPSA) is 74.6 Å². The largest absolute Gasteiger partial charge is 0.493 e. The molecule has 1 aromatic heterocycles. The van der Waals surface area contributed by atoms with E-state index in [0.29, 0.717) is 28.1 Å². The summed E-state index contributed by atoms with van der Waals surface area (Å²) in [6.07, 6.45) is 2.02. The fraction of sp³-hybridized carbons (Fsp3) is 0.238. The number of hydrogen-bond donors (Lipinski definition) is 1. The van der Waals surface area contributed by atoms with Gasteiger partial charge in [-0.2, -0.15) is 5.10 Å². The first-order valence-electron chi connectivity index (χ1n) is 9.00. The third-order valence-electron chi connectivity index (χ3n) is 4.98. The maximum Gasteiger partial charge on any atom is 0.226 e. The average Bonchev–Trinajstić information content (AvgIpc) is 3.15. The van der Waals surface area contributed by atoms with Crippen LogP contribution in [0.5, 0.6) is 17.2 Å². The normalized spacial score (nSPS) is 15.4. The van der Waals surface area contributed by atoms with Crippen LogP contribution in [0, 0.1) is 0 Å². The highest BCUT2D eigenvalue weighted by molar-refractivity contribution is 6.30. The van der Waals surface area contributed by atoms with E-state index >= 15 is 0 Å². The lowest BCUT2D eigenvalue weighted by Gasteiger charge is -2.26. The van der Waals surface area contributed by atoms with E-state index in [1.165, 1.54) is 0 Å². The molecule has 2 heterocycles. The van der Waals surface area contributed by atoms with Crippen LogP contribution in [0.15, 0.2) is 42.6 Å². The van der Waals surface area contributed by atoms with Crippen LogP contribution in [-0.2, 0) is 4.79 Å². The molecule has 7 nitrogen and oxygen atoms in total. The molecule has 1 amide bonds. The summed E-state index contributed by atoms with van der Waals surface area (Å²) in [5, 5.41) is 8.02. The van der Waals surface area contributed by atoms with Crippen molar-refractivity contribution in [2.75, 3.05) is 26.6 Å². The van der Waals surface area contributed by atoms with Gasteiger partial charge in [0.15, 0.2) is 11.5 Å². The van der Waals surface area contributed by atoms with E-state index in [1.54, 1.807) is 44.3 Å². The van der Waals surface area contributed by atoms with Crippen LogP contribution in [0.25, 0.3) is 5.69 Å². The highest BCUT2D eigenvalue weighted by atomic mass is 35.5. The van der Waals surface area contributed by atoms with Crippen molar-refractivity contribution in [1.29, 1.82) is 0 Å². The molecular weight excluding hydrogens is 394 g/mol. The molecule has 150 valence electrons. The Labute approximate surface area is 173 Å². The number of nitrogens with one attached hydrogen (secondary N) is 1. The monoisotopic (exact) mass is 413 g/mol. The number of benzene rings is 2. The zero-order chi connectivity index (χ0) is 20.5.